The molecule has 2 amide bonds. The third-order valence-corrected chi connectivity index (χ3v) is 5.25. The average Bonchev–Trinajstić information content (AvgIpc) is 3.23. The number of thiophene rings is 1. The molecule has 1 aromatic carbocycles. The van der Waals surface area contributed by atoms with Crippen molar-refractivity contribution in [1.82, 2.24) is 5.32 Å². The van der Waals surface area contributed by atoms with Crippen LogP contribution in [0.15, 0.2) is 41.8 Å². The summed E-state index contributed by atoms with van der Waals surface area (Å²) < 4.78 is 0. The van der Waals surface area contributed by atoms with Crippen LogP contribution in [0.25, 0.3) is 0 Å². The molecule has 1 aliphatic rings. The molecule has 0 radical (unpaired) electrons. The van der Waals surface area contributed by atoms with Crippen LogP contribution in [0, 0.1) is 5.92 Å². The zero-order valence-corrected chi connectivity index (χ0v) is 14.8. The lowest BCUT2D eigenvalue weighted by molar-refractivity contribution is -0.117. The van der Waals surface area contributed by atoms with E-state index in [2.05, 4.69) is 25.2 Å². The quantitative estimate of drug-likeness (QED) is 0.893. The van der Waals surface area contributed by atoms with Gasteiger partial charge in [0.15, 0.2) is 0 Å². The van der Waals surface area contributed by atoms with E-state index in [0.29, 0.717) is 17.9 Å². The first-order chi connectivity index (χ1) is 11.6. The number of carbonyl (C=O) groups is 2. The van der Waals surface area contributed by atoms with Crippen molar-refractivity contribution >= 4 is 28.8 Å². The highest BCUT2D eigenvalue weighted by molar-refractivity contribution is 7.10. The van der Waals surface area contributed by atoms with Crippen molar-refractivity contribution in [2.45, 2.75) is 32.7 Å². The molecule has 1 N–H and O–H groups in total. The Labute approximate surface area is 146 Å². The number of nitrogens with one attached hydrogen (secondary N) is 1. The Bertz CT molecular complexity index is 725. The van der Waals surface area contributed by atoms with Gasteiger partial charge in [-0.3, -0.25) is 9.59 Å². The highest BCUT2D eigenvalue weighted by atomic mass is 32.1. The van der Waals surface area contributed by atoms with Gasteiger partial charge in [0.2, 0.25) is 5.91 Å². The summed E-state index contributed by atoms with van der Waals surface area (Å²) in [5.74, 6) is 0.331. The molecule has 2 heterocycles. The second-order valence-electron chi connectivity index (χ2n) is 6.41. The fourth-order valence-electron chi connectivity index (χ4n) is 3.00. The van der Waals surface area contributed by atoms with Gasteiger partial charge in [0.05, 0.1) is 6.04 Å². The van der Waals surface area contributed by atoms with E-state index in [1.165, 1.54) is 0 Å². The van der Waals surface area contributed by atoms with Gasteiger partial charge in [-0.1, -0.05) is 26.0 Å². The Hall–Kier alpha value is -2.14. The van der Waals surface area contributed by atoms with Gasteiger partial charge >= 0.3 is 0 Å². The lowest BCUT2D eigenvalue weighted by Crippen LogP contribution is -2.31. The maximum absolute atomic E-state index is 12.7. The van der Waals surface area contributed by atoms with Gasteiger partial charge < -0.3 is 10.2 Å². The van der Waals surface area contributed by atoms with Crippen LogP contribution < -0.4 is 10.2 Å². The lowest BCUT2D eigenvalue weighted by atomic mass is 10.0. The molecule has 24 heavy (non-hydrogen) atoms. The zero-order valence-electron chi connectivity index (χ0n) is 14.0. The monoisotopic (exact) mass is 342 g/mol. The summed E-state index contributed by atoms with van der Waals surface area (Å²) in [6.07, 6.45) is 1.47. The molecule has 3 rings (SSSR count). The minimum Gasteiger partial charge on any atom is -0.344 e. The smallest absolute Gasteiger partial charge is 0.251 e. The number of anilines is 1. The molecule has 126 valence electrons. The summed E-state index contributed by atoms with van der Waals surface area (Å²) in [5, 5.41) is 5.16. The minimum atomic E-state index is -0.101. The molecule has 1 aromatic heterocycles. The number of rotatable bonds is 5. The van der Waals surface area contributed by atoms with Gasteiger partial charge in [-0.2, -0.15) is 0 Å². The molecular weight excluding hydrogens is 320 g/mol. The molecule has 5 heteroatoms. The van der Waals surface area contributed by atoms with Gasteiger partial charge in [-0.15, -0.1) is 11.3 Å². The van der Waals surface area contributed by atoms with E-state index in [-0.39, 0.29) is 17.9 Å². The van der Waals surface area contributed by atoms with Crippen LogP contribution in [-0.4, -0.2) is 18.4 Å². The van der Waals surface area contributed by atoms with Crippen LogP contribution in [0.4, 0.5) is 5.69 Å². The molecule has 0 bridgehead atoms. The zero-order chi connectivity index (χ0) is 17.1. The molecule has 2 aromatic rings. The van der Waals surface area contributed by atoms with Crippen LogP contribution in [0.1, 0.15) is 48.0 Å². The SMILES string of the molecule is CC(C)[C@@H](NC(=O)c1cccc(N2CCCC2=O)c1)c1cccs1. The van der Waals surface area contributed by atoms with Gasteiger partial charge in [0.1, 0.15) is 0 Å². The highest BCUT2D eigenvalue weighted by Gasteiger charge is 2.23. The Morgan fingerprint density at radius 2 is 2.08 bits per heavy atom. The molecule has 0 spiro atoms. The number of hydrogen-bond donors (Lipinski definition) is 1. The Kier molecular flexibility index (Phi) is 5.00. The number of hydrogen-bond acceptors (Lipinski definition) is 3. The van der Waals surface area contributed by atoms with Crippen molar-refractivity contribution in [1.29, 1.82) is 0 Å². The van der Waals surface area contributed by atoms with Gasteiger partial charge in [-0.05, 0) is 42.0 Å². The molecule has 0 aliphatic carbocycles. The number of nitrogens with zero attached hydrogens (tertiary/aromatic N) is 1. The first kappa shape index (κ1) is 16.7. The van der Waals surface area contributed by atoms with Gasteiger partial charge in [-0.25, -0.2) is 0 Å². The highest BCUT2D eigenvalue weighted by Crippen LogP contribution is 2.27. The third-order valence-electron chi connectivity index (χ3n) is 4.30. The van der Waals surface area contributed by atoms with Crippen LogP contribution in [0.5, 0.6) is 0 Å². The van der Waals surface area contributed by atoms with E-state index in [0.717, 1.165) is 23.5 Å². The molecule has 0 unspecified atom stereocenters. The molecule has 0 saturated carbocycles. The third kappa shape index (κ3) is 3.51. The molecule has 1 atom stereocenters. The molecule has 1 aliphatic heterocycles. The predicted molar refractivity (Wildman–Crippen MR) is 97.4 cm³/mol. The van der Waals surface area contributed by atoms with Crippen LogP contribution in [-0.2, 0) is 4.79 Å². The standard InChI is InChI=1S/C19H22N2O2S/c1-13(2)18(16-8-5-11-24-16)20-19(23)14-6-3-7-15(12-14)21-10-4-9-17(21)22/h3,5-8,11-13,18H,4,9-10H2,1-2H3,(H,20,23)/t18-/m1/s1. The van der Waals surface area contributed by atoms with E-state index in [9.17, 15) is 9.59 Å². The lowest BCUT2D eigenvalue weighted by Gasteiger charge is -2.22. The van der Waals surface area contributed by atoms with E-state index in [1.807, 2.05) is 29.6 Å². The maximum atomic E-state index is 12.7. The average molecular weight is 342 g/mol. The summed E-state index contributed by atoms with van der Waals surface area (Å²) in [4.78, 5) is 27.5. The van der Waals surface area contributed by atoms with Crippen molar-refractivity contribution < 1.29 is 9.59 Å². The van der Waals surface area contributed by atoms with Gasteiger partial charge in [0.25, 0.3) is 5.91 Å². The van der Waals surface area contributed by atoms with Gasteiger partial charge in [0, 0.05) is 29.1 Å². The molecule has 1 fully saturated rings. The van der Waals surface area contributed by atoms with E-state index < -0.39 is 0 Å². The Balaban J connectivity index is 1.78. The van der Waals surface area contributed by atoms with Crippen molar-refractivity contribution in [2.75, 3.05) is 11.4 Å². The van der Waals surface area contributed by atoms with Crippen molar-refractivity contribution in [3.05, 3.63) is 52.2 Å². The van der Waals surface area contributed by atoms with Crippen LogP contribution >= 0.6 is 11.3 Å². The predicted octanol–water partition coefficient (Wildman–Crippen LogP) is 4.00. The topological polar surface area (TPSA) is 49.4 Å². The largest absolute Gasteiger partial charge is 0.344 e. The normalized spacial score (nSPS) is 15.8. The summed E-state index contributed by atoms with van der Waals surface area (Å²) in [7, 11) is 0. The summed E-state index contributed by atoms with van der Waals surface area (Å²) in [6, 6.07) is 11.4. The fourth-order valence-corrected chi connectivity index (χ4v) is 3.94. The van der Waals surface area contributed by atoms with Crippen LogP contribution in [0.3, 0.4) is 0 Å². The summed E-state index contributed by atoms with van der Waals surface area (Å²) in [5.41, 5.74) is 1.40. The van der Waals surface area contributed by atoms with E-state index in [4.69, 9.17) is 0 Å². The van der Waals surface area contributed by atoms with Crippen molar-refractivity contribution in [3.8, 4) is 0 Å². The molecule has 4 nitrogen and oxygen atoms in total. The fraction of sp³-hybridized carbons (Fsp3) is 0.368. The van der Waals surface area contributed by atoms with Crippen molar-refractivity contribution in [2.24, 2.45) is 5.92 Å². The number of benzene rings is 1. The minimum absolute atomic E-state index is 0.00502. The molecular formula is C19H22N2O2S. The van der Waals surface area contributed by atoms with E-state index in [1.54, 1.807) is 22.3 Å². The maximum Gasteiger partial charge on any atom is 0.251 e. The Morgan fingerprint density at radius 3 is 2.71 bits per heavy atom. The second-order valence-corrected chi connectivity index (χ2v) is 7.39. The summed E-state index contributed by atoms with van der Waals surface area (Å²) in [6.45, 7) is 4.93. The molecule has 1 saturated heterocycles. The summed E-state index contributed by atoms with van der Waals surface area (Å²) >= 11 is 1.65. The second kappa shape index (κ2) is 7.18. The first-order valence-electron chi connectivity index (χ1n) is 8.31. The van der Waals surface area contributed by atoms with Crippen molar-refractivity contribution in [3.63, 3.8) is 0 Å². The Morgan fingerprint density at radius 1 is 1.25 bits per heavy atom. The van der Waals surface area contributed by atoms with Crippen LogP contribution in [0.2, 0.25) is 0 Å². The number of amides is 2. The first-order valence-corrected chi connectivity index (χ1v) is 9.19. The van der Waals surface area contributed by atoms with E-state index >= 15 is 0 Å². The number of carbonyl (C=O) groups excluding carboxylic acids is 2.